The minimum Gasteiger partial charge on any atom is -0.480 e. The second-order valence-electron chi connectivity index (χ2n) is 6.67. The number of aliphatic carboxylic acids is 1. The van der Waals surface area contributed by atoms with E-state index >= 15 is 0 Å². The van der Waals surface area contributed by atoms with Crippen molar-refractivity contribution in [2.45, 2.75) is 115 Å². The predicted molar refractivity (Wildman–Crippen MR) is 104 cm³/mol. The van der Waals surface area contributed by atoms with E-state index in [0.717, 1.165) is 18.6 Å². The number of unbranched alkanes of at least 4 members (excludes halogenated alkanes) is 13. The molecule has 0 aromatic heterocycles. The topological polar surface area (TPSA) is 37.3 Å². The summed E-state index contributed by atoms with van der Waals surface area (Å²) >= 11 is 1.57. The Bertz CT molecular complexity index is 256. The number of rotatable bonds is 18. The Hall–Kier alpha value is -0.180. The van der Waals surface area contributed by atoms with Gasteiger partial charge >= 0.3 is 5.97 Å². The van der Waals surface area contributed by atoms with Gasteiger partial charge in [0.25, 0.3) is 0 Å². The molecule has 0 aromatic carbocycles. The molecule has 23 heavy (non-hydrogen) atoms. The lowest BCUT2D eigenvalue weighted by molar-refractivity contribution is -0.136. The Labute approximate surface area is 149 Å². The summed E-state index contributed by atoms with van der Waals surface area (Å²) in [6.45, 7) is 4.31. The average Bonchev–Trinajstić information content (AvgIpc) is 2.54. The third kappa shape index (κ3) is 16.5. The first-order chi connectivity index (χ1) is 11.2. The van der Waals surface area contributed by atoms with Crippen LogP contribution in [0.4, 0.5) is 0 Å². The van der Waals surface area contributed by atoms with Gasteiger partial charge in [0.05, 0.1) is 0 Å². The Morgan fingerprint density at radius 2 is 1.13 bits per heavy atom. The molecule has 0 spiro atoms. The van der Waals surface area contributed by atoms with Crippen LogP contribution in [-0.4, -0.2) is 22.1 Å². The van der Waals surface area contributed by atoms with Crippen LogP contribution in [0, 0.1) is 0 Å². The number of hydrogen-bond acceptors (Lipinski definition) is 2. The summed E-state index contributed by atoms with van der Waals surface area (Å²) < 4.78 is 0. The van der Waals surface area contributed by atoms with E-state index in [0.29, 0.717) is 0 Å². The van der Waals surface area contributed by atoms with Crippen molar-refractivity contribution in [3.8, 4) is 0 Å². The maximum Gasteiger partial charge on any atom is 0.316 e. The van der Waals surface area contributed by atoms with Crippen LogP contribution in [0.2, 0.25) is 0 Å². The molecule has 0 amide bonds. The first-order valence-corrected chi connectivity index (χ1v) is 11.1. The van der Waals surface area contributed by atoms with Crippen molar-refractivity contribution >= 4 is 17.7 Å². The van der Waals surface area contributed by atoms with Crippen LogP contribution < -0.4 is 0 Å². The van der Waals surface area contributed by atoms with E-state index in [4.69, 9.17) is 5.11 Å². The van der Waals surface area contributed by atoms with E-state index in [9.17, 15) is 4.79 Å². The Morgan fingerprint density at radius 1 is 0.739 bits per heavy atom. The van der Waals surface area contributed by atoms with Crippen LogP contribution in [0.5, 0.6) is 0 Å². The number of carbonyl (C=O) groups is 1. The molecular weight excluding hydrogens is 304 g/mol. The molecule has 0 aliphatic carbocycles. The van der Waals surface area contributed by atoms with Crippen LogP contribution in [-0.2, 0) is 4.79 Å². The van der Waals surface area contributed by atoms with E-state index < -0.39 is 5.97 Å². The predicted octanol–water partition coefficient (Wildman–Crippen LogP) is 7.06. The lowest BCUT2D eigenvalue weighted by Crippen LogP contribution is -2.16. The average molecular weight is 345 g/mol. The summed E-state index contributed by atoms with van der Waals surface area (Å²) in [6, 6.07) is 0. The highest BCUT2D eigenvalue weighted by molar-refractivity contribution is 8.00. The molecule has 138 valence electrons. The van der Waals surface area contributed by atoms with Crippen LogP contribution in [0.15, 0.2) is 0 Å². The molecule has 0 aliphatic rings. The quantitative estimate of drug-likeness (QED) is 0.270. The highest BCUT2D eigenvalue weighted by Gasteiger charge is 2.15. The summed E-state index contributed by atoms with van der Waals surface area (Å²) in [5.74, 6) is 0.266. The van der Waals surface area contributed by atoms with Crippen molar-refractivity contribution in [3.05, 3.63) is 0 Å². The fourth-order valence-corrected chi connectivity index (χ4v) is 3.88. The molecule has 0 saturated heterocycles. The summed E-state index contributed by atoms with van der Waals surface area (Å²) in [4.78, 5) is 11.0. The molecule has 0 fully saturated rings. The Balaban J connectivity index is 3.20. The maximum atomic E-state index is 11.0. The van der Waals surface area contributed by atoms with E-state index in [2.05, 4.69) is 6.92 Å². The van der Waals surface area contributed by atoms with Crippen molar-refractivity contribution in [1.29, 1.82) is 0 Å². The summed E-state index contributed by atoms with van der Waals surface area (Å²) in [5, 5.41) is 8.90. The largest absolute Gasteiger partial charge is 0.480 e. The number of carboxylic acids is 1. The van der Waals surface area contributed by atoms with Crippen molar-refractivity contribution in [1.82, 2.24) is 0 Å². The highest BCUT2D eigenvalue weighted by Crippen LogP contribution is 2.19. The van der Waals surface area contributed by atoms with Crippen molar-refractivity contribution in [2.24, 2.45) is 0 Å². The first-order valence-electron chi connectivity index (χ1n) is 10.1. The molecule has 1 N–H and O–H groups in total. The summed E-state index contributed by atoms with van der Waals surface area (Å²) in [6.07, 6.45) is 19.8. The number of hydrogen-bond donors (Lipinski definition) is 1. The van der Waals surface area contributed by atoms with Crippen LogP contribution in [0.1, 0.15) is 110 Å². The molecular formula is C20H40O2S. The molecule has 0 bridgehead atoms. The number of thioether (sulfide) groups is 1. The fraction of sp³-hybridized carbons (Fsp3) is 0.950. The Kier molecular flexibility index (Phi) is 18.0. The van der Waals surface area contributed by atoms with Gasteiger partial charge in [0, 0.05) is 0 Å². The molecule has 0 heterocycles. The highest BCUT2D eigenvalue weighted by atomic mass is 32.2. The van der Waals surface area contributed by atoms with Gasteiger partial charge in [-0.15, -0.1) is 11.8 Å². The van der Waals surface area contributed by atoms with Crippen LogP contribution in [0.3, 0.4) is 0 Å². The maximum absolute atomic E-state index is 11.0. The molecule has 0 saturated carbocycles. The SMILES string of the molecule is CCCCCCCCCCCCCCCCC(SCC)C(=O)O. The molecule has 0 aliphatic heterocycles. The van der Waals surface area contributed by atoms with Crippen LogP contribution >= 0.6 is 11.8 Å². The molecule has 2 nitrogen and oxygen atoms in total. The number of carboxylic acid groups (broad SMARTS) is 1. The molecule has 1 unspecified atom stereocenters. The molecule has 3 heteroatoms. The smallest absolute Gasteiger partial charge is 0.316 e. The zero-order valence-electron chi connectivity index (χ0n) is 15.7. The first kappa shape index (κ1) is 22.8. The van der Waals surface area contributed by atoms with Gasteiger partial charge in [0.15, 0.2) is 0 Å². The van der Waals surface area contributed by atoms with Crippen LogP contribution in [0.25, 0.3) is 0 Å². The summed E-state index contributed by atoms with van der Waals surface area (Å²) in [5.41, 5.74) is 0. The summed E-state index contributed by atoms with van der Waals surface area (Å²) in [7, 11) is 0. The Morgan fingerprint density at radius 3 is 1.48 bits per heavy atom. The third-order valence-corrected chi connectivity index (χ3v) is 5.64. The zero-order valence-corrected chi connectivity index (χ0v) is 16.5. The molecule has 0 radical (unpaired) electrons. The van der Waals surface area contributed by atoms with Gasteiger partial charge in [-0.05, 0) is 12.2 Å². The van der Waals surface area contributed by atoms with Gasteiger partial charge < -0.3 is 5.11 Å². The minimum absolute atomic E-state index is 0.183. The van der Waals surface area contributed by atoms with Crippen molar-refractivity contribution in [3.63, 3.8) is 0 Å². The molecule has 0 aromatic rings. The lowest BCUT2D eigenvalue weighted by Gasteiger charge is -2.10. The van der Waals surface area contributed by atoms with E-state index in [1.807, 2.05) is 6.92 Å². The van der Waals surface area contributed by atoms with Crippen molar-refractivity contribution < 1.29 is 9.90 Å². The van der Waals surface area contributed by atoms with Crippen molar-refractivity contribution in [2.75, 3.05) is 5.75 Å². The zero-order chi connectivity index (χ0) is 17.2. The van der Waals surface area contributed by atoms with Gasteiger partial charge in [0.2, 0.25) is 0 Å². The van der Waals surface area contributed by atoms with Gasteiger partial charge in [-0.1, -0.05) is 104 Å². The normalized spacial score (nSPS) is 12.4. The second kappa shape index (κ2) is 18.2. The van der Waals surface area contributed by atoms with E-state index in [-0.39, 0.29) is 5.25 Å². The molecule has 0 rings (SSSR count). The van der Waals surface area contributed by atoms with Gasteiger partial charge in [-0.2, -0.15) is 0 Å². The standard InChI is InChI=1S/C20H40O2S/c1-3-5-6-7-8-9-10-11-12-13-14-15-16-17-18-19(20(21)22)23-4-2/h19H,3-18H2,1-2H3,(H,21,22). The van der Waals surface area contributed by atoms with Gasteiger partial charge in [0.1, 0.15) is 5.25 Å². The van der Waals surface area contributed by atoms with Gasteiger partial charge in [-0.3, -0.25) is 4.79 Å². The minimum atomic E-state index is -0.633. The monoisotopic (exact) mass is 344 g/mol. The van der Waals surface area contributed by atoms with E-state index in [1.165, 1.54) is 83.5 Å². The molecule has 1 atom stereocenters. The fourth-order valence-electron chi connectivity index (χ4n) is 3.00. The lowest BCUT2D eigenvalue weighted by atomic mass is 10.0. The second-order valence-corrected chi connectivity index (χ2v) is 8.15. The third-order valence-electron chi connectivity index (χ3n) is 4.46. The van der Waals surface area contributed by atoms with Gasteiger partial charge in [-0.25, -0.2) is 0 Å². The van der Waals surface area contributed by atoms with E-state index in [1.54, 1.807) is 11.8 Å².